The molecule has 0 fully saturated rings. The summed E-state index contributed by atoms with van der Waals surface area (Å²) in [5.41, 5.74) is -0.00119. The molecule has 5 heteroatoms. The topological polar surface area (TPSA) is 3.24 Å². The maximum atomic E-state index is 13.6. The molecule has 1 nitrogen and oxygen atoms in total. The second-order valence-electron chi connectivity index (χ2n) is 4.92. The summed E-state index contributed by atoms with van der Waals surface area (Å²) >= 11 is 0. The van der Waals surface area contributed by atoms with E-state index >= 15 is 0 Å². The van der Waals surface area contributed by atoms with Gasteiger partial charge in [-0.15, -0.1) is 0 Å². The van der Waals surface area contributed by atoms with Crippen LogP contribution in [0, 0.1) is 5.82 Å². The second kappa shape index (κ2) is 6.26. The largest absolute Gasteiger partial charge is 0.416 e. The van der Waals surface area contributed by atoms with Gasteiger partial charge in [0, 0.05) is 18.7 Å². The average Bonchev–Trinajstić information content (AvgIpc) is 2.41. The van der Waals surface area contributed by atoms with Crippen molar-refractivity contribution < 1.29 is 17.6 Å². The third kappa shape index (κ3) is 4.04. The molecule has 0 amide bonds. The lowest BCUT2D eigenvalue weighted by Crippen LogP contribution is -2.20. The predicted octanol–water partition coefficient (Wildman–Crippen LogP) is 4.48. The molecule has 21 heavy (non-hydrogen) atoms. The monoisotopic (exact) mass is 297 g/mol. The van der Waals surface area contributed by atoms with Gasteiger partial charge in [0.15, 0.2) is 0 Å². The first kappa shape index (κ1) is 15.5. The normalized spacial score (nSPS) is 11.9. The Hall–Kier alpha value is -1.88. The van der Waals surface area contributed by atoms with E-state index in [-0.39, 0.29) is 24.5 Å². The summed E-state index contributed by atoms with van der Waals surface area (Å²) in [7, 11) is 1.67. The Kier molecular flexibility index (Phi) is 4.63. The maximum Gasteiger partial charge on any atom is 0.416 e. The minimum absolute atomic E-state index is 0.101. The van der Waals surface area contributed by atoms with Gasteiger partial charge >= 0.3 is 6.18 Å². The molecule has 2 rings (SSSR count). The fraction of sp³-hybridized carbons (Fsp3) is 0.250. The molecule has 0 N–H and O–H groups in total. The summed E-state index contributed by atoms with van der Waals surface area (Å²) < 4.78 is 52.3. The number of halogens is 4. The molecule has 0 aromatic heterocycles. The summed E-state index contributed by atoms with van der Waals surface area (Å²) in [5, 5.41) is 0. The first-order chi connectivity index (χ1) is 9.88. The minimum Gasteiger partial charge on any atom is -0.298 e. The van der Waals surface area contributed by atoms with E-state index in [4.69, 9.17) is 0 Å². The van der Waals surface area contributed by atoms with E-state index in [2.05, 4.69) is 0 Å². The van der Waals surface area contributed by atoms with E-state index in [1.54, 1.807) is 36.2 Å². The quantitative estimate of drug-likeness (QED) is 0.752. The molecule has 0 heterocycles. The highest BCUT2D eigenvalue weighted by Crippen LogP contribution is 2.32. The zero-order chi connectivity index (χ0) is 15.5. The molecule has 0 aliphatic heterocycles. The van der Waals surface area contributed by atoms with Crippen molar-refractivity contribution in [1.82, 2.24) is 4.90 Å². The van der Waals surface area contributed by atoms with E-state index in [1.165, 1.54) is 18.2 Å². The summed E-state index contributed by atoms with van der Waals surface area (Å²) in [6.45, 7) is 0.350. The zero-order valence-electron chi connectivity index (χ0n) is 11.5. The fourth-order valence-electron chi connectivity index (χ4n) is 2.20. The average molecular weight is 297 g/mol. The van der Waals surface area contributed by atoms with Crippen molar-refractivity contribution >= 4 is 0 Å². The van der Waals surface area contributed by atoms with Gasteiger partial charge in [0.25, 0.3) is 0 Å². The maximum absolute atomic E-state index is 13.6. The first-order valence-electron chi connectivity index (χ1n) is 6.45. The summed E-state index contributed by atoms with van der Waals surface area (Å²) in [5.74, 6) is -0.353. The third-order valence-corrected chi connectivity index (χ3v) is 3.16. The second-order valence-corrected chi connectivity index (χ2v) is 4.92. The van der Waals surface area contributed by atoms with Crippen molar-refractivity contribution in [3.05, 3.63) is 71.0 Å². The molecular weight excluding hydrogens is 282 g/mol. The van der Waals surface area contributed by atoms with Gasteiger partial charge in [0.05, 0.1) is 5.56 Å². The van der Waals surface area contributed by atoms with Crippen molar-refractivity contribution in [2.75, 3.05) is 7.05 Å². The number of hydrogen-bond donors (Lipinski definition) is 0. The van der Waals surface area contributed by atoms with Crippen LogP contribution in [-0.4, -0.2) is 11.9 Å². The van der Waals surface area contributed by atoms with Crippen molar-refractivity contribution in [3.63, 3.8) is 0 Å². The molecule has 0 bridgehead atoms. The third-order valence-electron chi connectivity index (χ3n) is 3.16. The predicted molar refractivity (Wildman–Crippen MR) is 73.0 cm³/mol. The van der Waals surface area contributed by atoms with E-state index in [9.17, 15) is 17.6 Å². The van der Waals surface area contributed by atoms with Gasteiger partial charge in [0.1, 0.15) is 5.82 Å². The lowest BCUT2D eigenvalue weighted by atomic mass is 10.1. The van der Waals surface area contributed by atoms with Gasteiger partial charge in [0.2, 0.25) is 0 Å². The van der Waals surface area contributed by atoms with Crippen LogP contribution in [0.15, 0.2) is 48.5 Å². The van der Waals surface area contributed by atoms with Crippen LogP contribution < -0.4 is 0 Å². The Morgan fingerprint density at radius 2 is 1.38 bits per heavy atom. The molecule has 2 aromatic carbocycles. The number of rotatable bonds is 4. The van der Waals surface area contributed by atoms with Crippen LogP contribution >= 0.6 is 0 Å². The number of alkyl halides is 3. The summed E-state index contributed by atoms with van der Waals surface area (Å²) in [6, 6.07) is 11.7. The molecule has 0 radical (unpaired) electrons. The van der Waals surface area contributed by atoms with Crippen molar-refractivity contribution in [2.45, 2.75) is 19.3 Å². The van der Waals surface area contributed by atoms with Crippen molar-refractivity contribution in [1.29, 1.82) is 0 Å². The molecule has 112 valence electrons. The molecule has 0 aliphatic carbocycles. The van der Waals surface area contributed by atoms with E-state index in [0.29, 0.717) is 5.56 Å². The van der Waals surface area contributed by atoms with Gasteiger partial charge in [-0.25, -0.2) is 4.39 Å². The summed E-state index contributed by atoms with van der Waals surface area (Å²) in [6.07, 6.45) is -4.38. The molecule has 0 saturated heterocycles. The number of hydrogen-bond acceptors (Lipinski definition) is 1. The van der Waals surface area contributed by atoms with Gasteiger partial charge < -0.3 is 0 Å². The molecule has 0 unspecified atom stereocenters. The Labute approximate surface area is 120 Å². The van der Waals surface area contributed by atoms with E-state index < -0.39 is 11.7 Å². The number of benzene rings is 2. The number of nitrogens with zero attached hydrogens (tertiary/aromatic N) is 1. The van der Waals surface area contributed by atoms with Crippen LogP contribution in [-0.2, 0) is 19.3 Å². The highest BCUT2D eigenvalue weighted by molar-refractivity contribution is 5.29. The van der Waals surface area contributed by atoms with E-state index in [1.807, 2.05) is 0 Å². The molecular formula is C16H15F4N. The van der Waals surface area contributed by atoms with Crippen LogP contribution in [0.5, 0.6) is 0 Å². The first-order valence-corrected chi connectivity index (χ1v) is 6.45. The smallest absolute Gasteiger partial charge is 0.298 e. The molecule has 0 atom stereocenters. The molecule has 0 saturated carbocycles. The Balaban J connectivity index is 2.14. The van der Waals surface area contributed by atoms with Gasteiger partial charge in [-0.1, -0.05) is 36.4 Å². The Morgan fingerprint density at radius 1 is 0.857 bits per heavy atom. The zero-order valence-corrected chi connectivity index (χ0v) is 11.5. The fourth-order valence-corrected chi connectivity index (χ4v) is 2.20. The van der Waals surface area contributed by atoms with Crippen LogP contribution in [0.1, 0.15) is 16.7 Å². The SMILES string of the molecule is CN(Cc1ccccc1F)Cc1ccccc1C(F)(F)F. The van der Waals surface area contributed by atoms with E-state index in [0.717, 1.165) is 6.07 Å². The van der Waals surface area contributed by atoms with Crippen LogP contribution in [0.3, 0.4) is 0 Å². The minimum atomic E-state index is -4.38. The molecule has 2 aromatic rings. The van der Waals surface area contributed by atoms with Crippen LogP contribution in [0.4, 0.5) is 17.6 Å². The highest BCUT2D eigenvalue weighted by Gasteiger charge is 2.32. The lowest BCUT2D eigenvalue weighted by molar-refractivity contribution is -0.138. The Bertz CT molecular complexity index is 607. The summed E-state index contributed by atoms with van der Waals surface area (Å²) in [4.78, 5) is 1.66. The molecule has 0 aliphatic rings. The van der Waals surface area contributed by atoms with Gasteiger partial charge in [-0.3, -0.25) is 4.90 Å². The van der Waals surface area contributed by atoms with Crippen molar-refractivity contribution in [2.24, 2.45) is 0 Å². The van der Waals surface area contributed by atoms with Crippen LogP contribution in [0.25, 0.3) is 0 Å². The van der Waals surface area contributed by atoms with Crippen molar-refractivity contribution in [3.8, 4) is 0 Å². The Morgan fingerprint density at radius 3 is 2.00 bits per heavy atom. The van der Waals surface area contributed by atoms with Crippen LogP contribution in [0.2, 0.25) is 0 Å². The standard InChI is InChI=1S/C16H15F4N/c1-21(11-13-7-3-5-9-15(13)17)10-12-6-2-4-8-14(12)16(18,19)20/h2-9H,10-11H2,1H3. The van der Waals surface area contributed by atoms with Gasteiger partial charge in [-0.2, -0.15) is 13.2 Å². The lowest BCUT2D eigenvalue weighted by Gasteiger charge is -2.20. The molecule has 0 spiro atoms. The highest BCUT2D eigenvalue weighted by atomic mass is 19.4. The van der Waals surface area contributed by atoms with Gasteiger partial charge in [-0.05, 0) is 24.7 Å².